The van der Waals surface area contributed by atoms with Gasteiger partial charge in [0, 0.05) is 34.3 Å². The lowest BCUT2D eigenvalue weighted by Gasteiger charge is -2.14. The average Bonchev–Trinajstić information content (AvgIpc) is 2.17. The Bertz CT molecular complexity index is 382. The van der Waals surface area contributed by atoms with E-state index in [1.165, 1.54) is 0 Å². The summed E-state index contributed by atoms with van der Waals surface area (Å²) in [6, 6.07) is 1.73. The molecule has 6 nitrogen and oxygen atoms in total. The van der Waals surface area contributed by atoms with E-state index < -0.39 is 0 Å². The molecule has 1 aromatic rings. The molecule has 78 valence electrons. The summed E-state index contributed by atoms with van der Waals surface area (Å²) in [5, 5.41) is 12.4. The first-order chi connectivity index (χ1) is 6.60. The van der Waals surface area contributed by atoms with Gasteiger partial charge in [-0.3, -0.25) is 4.99 Å². The van der Waals surface area contributed by atoms with Crippen molar-refractivity contribution in [2.75, 3.05) is 38.4 Å². The minimum Gasteiger partial charge on any atom is -0.423 e. The maximum Gasteiger partial charge on any atom is 0.262 e. The number of anilines is 2. The number of hydrogen-bond acceptors (Lipinski definition) is 5. The molecule has 0 aliphatic carbocycles. The van der Waals surface area contributed by atoms with Crippen molar-refractivity contribution >= 4 is 11.6 Å². The molecule has 6 heteroatoms. The summed E-state index contributed by atoms with van der Waals surface area (Å²) in [6.07, 6.45) is 0. The number of aromatic nitrogens is 2. The summed E-state index contributed by atoms with van der Waals surface area (Å²) in [4.78, 5) is 9.83. The lowest BCUT2D eigenvalue weighted by Crippen LogP contribution is -2.27. The number of nitrogens with zero attached hydrogens (tertiary/aromatic N) is 4. The standard InChI is InChI=1S/C8H15N5O/c1-9-6-5-7(12(3)4)11-8(10-2)13(6)14/h5,9,14H,1-4H3. The molecule has 1 heterocycles. The Hall–Kier alpha value is -1.72. The Labute approximate surface area is 82.5 Å². The van der Waals surface area contributed by atoms with E-state index in [1.54, 1.807) is 20.2 Å². The topological polar surface area (TPSA) is 65.7 Å². The molecule has 0 fully saturated rings. The summed E-state index contributed by atoms with van der Waals surface area (Å²) in [5.41, 5.74) is 0.264. The molecule has 0 bridgehead atoms. The maximum absolute atomic E-state index is 9.57. The van der Waals surface area contributed by atoms with Crippen molar-refractivity contribution < 1.29 is 5.21 Å². The molecular weight excluding hydrogens is 182 g/mol. The second kappa shape index (κ2) is 3.99. The Morgan fingerprint density at radius 3 is 2.64 bits per heavy atom. The molecule has 0 aliphatic rings. The van der Waals surface area contributed by atoms with Gasteiger partial charge in [-0.05, 0) is 0 Å². The van der Waals surface area contributed by atoms with Crippen molar-refractivity contribution in [3.8, 4) is 0 Å². The van der Waals surface area contributed by atoms with Crippen LogP contribution < -0.4 is 15.8 Å². The van der Waals surface area contributed by atoms with Crippen LogP contribution in [0.15, 0.2) is 11.1 Å². The minimum atomic E-state index is 0.264. The van der Waals surface area contributed by atoms with Crippen molar-refractivity contribution in [3.05, 3.63) is 11.7 Å². The highest BCUT2D eigenvalue weighted by Gasteiger charge is 2.05. The number of rotatable bonds is 2. The highest BCUT2D eigenvalue weighted by Crippen LogP contribution is 2.09. The van der Waals surface area contributed by atoms with E-state index in [0.717, 1.165) is 10.5 Å². The molecule has 0 aliphatic heterocycles. The zero-order valence-corrected chi connectivity index (χ0v) is 8.81. The number of hydrogen-bond donors (Lipinski definition) is 2. The van der Waals surface area contributed by atoms with E-state index in [4.69, 9.17) is 0 Å². The van der Waals surface area contributed by atoms with E-state index in [2.05, 4.69) is 15.3 Å². The fourth-order valence-corrected chi connectivity index (χ4v) is 1.03. The fourth-order valence-electron chi connectivity index (χ4n) is 1.03. The van der Waals surface area contributed by atoms with Crippen LogP contribution in [0, 0.1) is 0 Å². The van der Waals surface area contributed by atoms with E-state index in [0.29, 0.717) is 5.82 Å². The maximum atomic E-state index is 9.57. The lowest BCUT2D eigenvalue weighted by molar-refractivity contribution is 0.173. The molecule has 0 amide bonds. The molecule has 2 N–H and O–H groups in total. The van der Waals surface area contributed by atoms with Gasteiger partial charge >= 0.3 is 0 Å². The summed E-state index contributed by atoms with van der Waals surface area (Å²) in [5.74, 6) is 1.28. The SMILES string of the molecule is CN=c1nc(N(C)C)cc(NC)n1O. The lowest BCUT2D eigenvalue weighted by atomic mass is 10.5. The van der Waals surface area contributed by atoms with Crippen molar-refractivity contribution in [3.63, 3.8) is 0 Å². The first-order valence-electron chi connectivity index (χ1n) is 4.21. The molecular formula is C8H15N5O. The van der Waals surface area contributed by atoms with Crippen LogP contribution in [-0.2, 0) is 0 Å². The van der Waals surface area contributed by atoms with Gasteiger partial charge in [-0.15, -0.1) is 4.73 Å². The van der Waals surface area contributed by atoms with Crippen LogP contribution in [0.3, 0.4) is 0 Å². The van der Waals surface area contributed by atoms with Gasteiger partial charge in [0.15, 0.2) is 0 Å². The van der Waals surface area contributed by atoms with Gasteiger partial charge in [-0.2, -0.15) is 4.98 Å². The Morgan fingerprint density at radius 1 is 1.57 bits per heavy atom. The molecule has 0 radical (unpaired) electrons. The Balaban J connectivity index is 3.41. The van der Waals surface area contributed by atoms with Gasteiger partial charge in [0.25, 0.3) is 5.62 Å². The van der Waals surface area contributed by atoms with Crippen LogP contribution in [0.25, 0.3) is 0 Å². The summed E-state index contributed by atoms with van der Waals surface area (Å²) in [6.45, 7) is 0. The highest BCUT2D eigenvalue weighted by molar-refractivity contribution is 5.47. The van der Waals surface area contributed by atoms with Gasteiger partial charge in [0.2, 0.25) is 0 Å². The molecule has 14 heavy (non-hydrogen) atoms. The van der Waals surface area contributed by atoms with Crippen LogP contribution >= 0.6 is 0 Å². The number of nitrogens with one attached hydrogen (secondary N) is 1. The average molecular weight is 197 g/mol. The van der Waals surface area contributed by atoms with E-state index >= 15 is 0 Å². The Morgan fingerprint density at radius 2 is 2.21 bits per heavy atom. The normalized spacial score (nSPS) is 11.6. The monoisotopic (exact) mass is 197 g/mol. The zero-order chi connectivity index (χ0) is 10.7. The predicted molar refractivity (Wildman–Crippen MR) is 54.8 cm³/mol. The Kier molecular flexibility index (Phi) is 2.95. The molecule has 0 atom stereocenters. The summed E-state index contributed by atoms with van der Waals surface area (Å²) in [7, 11) is 7.06. The van der Waals surface area contributed by atoms with Crippen molar-refractivity contribution in [1.29, 1.82) is 0 Å². The minimum absolute atomic E-state index is 0.264. The second-order valence-electron chi connectivity index (χ2n) is 2.98. The van der Waals surface area contributed by atoms with Gasteiger partial charge in [0.05, 0.1) is 0 Å². The van der Waals surface area contributed by atoms with Gasteiger partial charge in [0.1, 0.15) is 11.6 Å². The quantitative estimate of drug-likeness (QED) is 0.642. The van der Waals surface area contributed by atoms with E-state index in [9.17, 15) is 5.21 Å². The molecule has 0 saturated heterocycles. The predicted octanol–water partition coefficient (Wildman–Crippen LogP) is -0.241. The van der Waals surface area contributed by atoms with Crippen LogP contribution in [0.1, 0.15) is 0 Å². The molecule has 1 rings (SSSR count). The molecule has 0 spiro atoms. The third kappa shape index (κ3) is 1.78. The van der Waals surface area contributed by atoms with E-state index in [-0.39, 0.29) is 5.62 Å². The highest BCUT2D eigenvalue weighted by atomic mass is 16.5. The second-order valence-corrected chi connectivity index (χ2v) is 2.98. The van der Waals surface area contributed by atoms with Crippen LogP contribution in [-0.4, -0.2) is 43.1 Å². The van der Waals surface area contributed by atoms with Crippen LogP contribution in [0.4, 0.5) is 11.6 Å². The zero-order valence-electron chi connectivity index (χ0n) is 8.81. The largest absolute Gasteiger partial charge is 0.423 e. The smallest absolute Gasteiger partial charge is 0.262 e. The van der Waals surface area contributed by atoms with Crippen molar-refractivity contribution in [1.82, 2.24) is 9.71 Å². The van der Waals surface area contributed by atoms with Gasteiger partial charge < -0.3 is 15.4 Å². The molecule has 0 saturated carbocycles. The summed E-state index contributed by atoms with van der Waals surface area (Å²) < 4.78 is 0.910. The van der Waals surface area contributed by atoms with Crippen molar-refractivity contribution in [2.45, 2.75) is 0 Å². The third-order valence-electron chi connectivity index (χ3n) is 1.81. The van der Waals surface area contributed by atoms with E-state index in [1.807, 2.05) is 19.0 Å². The van der Waals surface area contributed by atoms with Crippen LogP contribution in [0.5, 0.6) is 0 Å². The molecule has 0 unspecified atom stereocenters. The molecule has 1 aromatic heterocycles. The van der Waals surface area contributed by atoms with Gasteiger partial charge in [-0.1, -0.05) is 0 Å². The summed E-state index contributed by atoms with van der Waals surface area (Å²) >= 11 is 0. The third-order valence-corrected chi connectivity index (χ3v) is 1.81. The first-order valence-corrected chi connectivity index (χ1v) is 4.21. The van der Waals surface area contributed by atoms with Crippen molar-refractivity contribution in [2.24, 2.45) is 4.99 Å². The molecule has 0 aromatic carbocycles. The van der Waals surface area contributed by atoms with Gasteiger partial charge in [-0.25, -0.2) is 0 Å². The van der Waals surface area contributed by atoms with Crippen LogP contribution in [0.2, 0.25) is 0 Å². The first kappa shape index (κ1) is 10.4. The fraction of sp³-hybridized carbons (Fsp3) is 0.500.